The summed E-state index contributed by atoms with van der Waals surface area (Å²) in [6.07, 6.45) is 4.20. The summed E-state index contributed by atoms with van der Waals surface area (Å²) >= 11 is 0. The lowest BCUT2D eigenvalue weighted by atomic mass is 9.86. The molecule has 1 heterocycles. The standard InChI is InChI=1S/C22H25N3O3S/c1-25(2)16-9-10-17-18(14-16)20(28-3)12-11-19(17)24-29(26,27)21-8-4-6-15-7-5-13-23-22(15)21/h4-8,11-13,16,24H,9-10,14H2,1-3H3. The predicted octanol–water partition coefficient (Wildman–Crippen LogP) is 3.46. The van der Waals surface area contributed by atoms with Crippen molar-refractivity contribution in [2.24, 2.45) is 0 Å². The third-order valence-electron chi connectivity index (χ3n) is 5.64. The Hall–Kier alpha value is -2.64. The van der Waals surface area contributed by atoms with Crippen molar-refractivity contribution >= 4 is 26.6 Å². The van der Waals surface area contributed by atoms with Gasteiger partial charge in [0.05, 0.1) is 18.3 Å². The van der Waals surface area contributed by atoms with E-state index in [0.29, 0.717) is 17.2 Å². The first-order chi connectivity index (χ1) is 13.9. The fourth-order valence-corrected chi connectivity index (χ4v) is 5.32. The normalized spacial score (nSPS) is 16.6. The first-order valence-electron chi connectivity index (χ1n) is 9.62. The lowest BCUT2D eigenvalue weighted by Crippen LogP contribution is -2.34. The third-order valence-corrected chi connectivity index (χ3v) is 7.03. The summed E-state index contributed by atoms with van der Waals surface area (Å²) in [7, 11) is 2.01. The number of anilines is 1. The number of nitrogens with one attached hydrogen (secondary N) is 1. The Morgan fingerprint density at radius 2 is 1.90 bits per heavy atom. The van der Waals surface area contributed by atoms with Crippen molar-refractivity contribution in [3.8, 4) is 5.75 Å². The Morgan fingerprint density at radius 3 is 2.66 bits per heavy atom. The number of hydrogen-bond acceptors (Lipinski definition) is 5. The molecule has 1 aromatic heterocycles. The molecule has 0 spiro atoms. The van der Waals surface area contributed by atoms with Crippen LogP contribution in [-0.4, -0.2) is 45.5 Å². The summed E-state index contributed by atoms with van der Waals surface area (Å²) < 4.78 is 34.9. The zero-order valence-electron chi connectivity index (χ0n) is 16.8. The highest BCUT2D eigenvalue weighted by molar-refractivity contribution is 7.93. The summed E-state index contributed by atoms with van der Waals surface area (Å²) in [6, 6.07) is 12.9. The minimum Gasteiger partial charge on any atom is -0.496 e. The van der Waals surface area contributed by atoms with Crippen LogP contribution in [0.5, 0.6) is 5.75 Å². The van der Waals surface area contributed by atoms with Crippen LogP contribution in [0.4, 0.5) is 5.69 Å². The van der Waals surface area contributed by atoms with Crippen LogP contribution in [0.1, 0.15) is 17.5 Å². The number of rotatable bonds is 5. The van der Waals surface area contributed by atoms with Crippen LogP contribution in [0.15, 0.2) is 53.6 Å². The average Bonchev–Trinajstić information content (AvgIpc) is 2.73. The lowest BCUT2D eigenvalue weighted by molar-refractivity contribution is 0.265. The molecule has 1 N–H and O–H groups in total. The topological polar surface area (TPSA) is 71.5 Å². The molecule has 1 atom stereocenters. The second-order valence-corrected chi connectivity index (χ2v) is 9.22. The maximum absolute atomic E-state index is 13.2. The number of sulfonamides is 1. The number of ether oxygens (including phenoxy) is 1. The first-order valence-corrected chi connectivity index (χ1v) is 11.1. The molecule has 1 aliphatic carbocycles. The van der Waals surface area contributed by atoms with Crippen LogP contribution in [0, 0.1) is 0 Å². The first kappa shape index (κ1) is 19.7. The molecule has 0 fully saturated rings. The maximum Gasteiger partial charge on any atom is 0.264 e. The number of hydrogen-bond donors (Lipinski definition) is 1. The van der Waals surface area contributed by atoms with Gasteiger partial charge in [-0.2, -0.15) is 0 Å². The van der Waals surface area contributed by atoms with Crippen LogP contribution >= 0.6 is 0 Å². The van der Waals surface area contributed by atoms with Gasteiger partial charge in [-0.25, -0.2) is 8.42 Å². The lowest BCUT2D eigenvalue weighted by Gasteiger charge is -2.32. The van der Waals surface area contributed by atoms with Crippen LogP contribution in [0.25, 0.3) is 10.9 Å². The summed E-state index contributed by atoms with van der Waals surface area (Å²) in [5, 5.41) is 0.793. The molecule has 1 aliphatic rings. The molecule has 6 nitrogen and oxygen atoms in total. The Kier molecular flexibility index (Phi) is 5.19. The van der Waals surface area contributed by atoms with Crippen LogP contribution < -0.4 is 9.46 Å². The van der Waals surface area contributed by atoms with Crippen molar-refractivity contribution in [2.45, 2.75) is 30.2 Å². The van der Waals surface area contributed by atoms with E-state index in [1.165, 1.54) is 0 Å². The number of pyridine rings is 1. The van der Waals surface area contributed by atoms with E-state index in [1.54, 1.807) is 37.6 Å². The number of benzene rings is 2. The summed E-state index contributed by atoms with van der Waals surface area (Å²) in [5.74, 6) is 0.807. The molecule has 29 heavy (non-hydrogen) atoms. The van der Waals surface area contributed by atoms with Gasteiger partial charge in [-0.15, -0.1) is 0 Å². The number of aromatic nitrogens is 1. The zero-order chi connectivity index (χ0) is 20.6. The van der Waals surface area contributed by atoms with Gasteiger partial charge in [0.1, 0.15) is 10.6 Å². The molecule has 0 amide bonds. The second-order valence-electron chi connectivity index (χ2n) is 7.57. The van der Waals surface area contributed by atoms with Crippen LogP contribution in [-0.2, 0) is 22.9 Å². The number of para-hydroxylation sites is 1. The van der Waals surface area contributed by atoms with Crippen LogP contribution in [0.3, 0.4) is 0 Å². The average molecular weight is 412 g/mol. The summed E-state index contributed by atoms with van der Waals surface area (Å²) in [4.78, 5) is 6.68. The van der Waals surface area contributed by atoms with E-state index in [9.17, 15) is 8.42 Å². The Balaban J connectivity index is 1.76. The van der Waals surface area contributed by atoms with E-state index in [2.05, 4.69) is 28.7 Å². The minimum absolute atomic E-state index is 0.183. The number of nitrogens with zero attached hydrogens (tertiary/aromatic N) is 2. The molecule has 1 unspecified atom stereocenters. The van der Waals surface area contributed by atoms with Gasteiger partial charge in [0.25, 0.3) is 10.0 Å². The van der Waals surface area contributed by atoms with Crippen molar-refractivity contribution in [1.82, 2.24) is 9.88 Å². The molecule has 0 bridgehead atoms. The molecule has 7 heteroatoms. The highest BCUT2D eigenvalue weighted by Gasteiger charge is 2.27. The van der Waals surface area contributed by atoms with E-state index in [4.69, 9.17) is 4.74 Å². The van der Waals surface area contributed by atoms with E-state index >= 15 is 0 Å². The number of methoxy groups -OCH3 is 1. The highest BCUT2D eigenvalue weighted by Crippen LogP contribution is 2.37. The van der Waals surface area contributed by atoms with Crippen molar-refractivity contribution in [2.75, 3.05) is 25.9 Å². The van der Waals surface area contributed by atoms with Gasteiger partial charge >= 0.3 is 0 Å². The van der Waals surface area contributed by atoms with E-state index in [1.807, 2.05) is 18.2 Å². The molecule has 2 aromatic carbocycles. The second kappa shape index (κ2) is 7.65. The number of fused-ring (bicyclic) bond motifs is 2. The minimum atomic E-state index is -3.79. The van der Waals surface area contributed by atoms with E-state index in [-0.39, 0.29) is 4.90 Å². The van der Waals surface area contributed by atoms with E-state index in [0.717, 1.165) is 41.5 Å². The maximum atomic E-state index is 13.2. The molecule has 4 rings (SSSR count). The largest absolute Gasteiger partial charge is 0.496 e. The fourth-order valence-electron chi connectivity index (χ4n) is 4.05. The molecular weight excluding hydrogens is 386 g/mol. The number of likely N-dealkylation sites (N-methyl/N-ethyl adjacent to an activating group) is 1. The fraction of sp³-hybridized carbons (Fsp3) is 0.318. The third kappa shape index (κ3) is 3.68. The van der Waals surface area contributed by atoms with Crippen LogP contribution in [0.2, 0.25) is 0 Å². The Morgan fingerprint density at radius 1 is 1.10 bits per heavy atom. The molecule has 0 saturated carbocycles. The molecule has 152 valence electrons. The van der Waals surface area contributed by atoms with Gasteiger partial charge in [0, 0.05) is 23.2 Å². The van der Waals surface area contributed by atoms with Crippen molar-refractivity contribution in [1.29, 1.82) is 0 Å². The SMILES string of the molecule is COc1ccc(NS(=O)(=O)c2cccc3cccnc23)c2c1CC(N(C)C)CC2. The van der Waals surface area contributed by atoms with Crippen molar-refractivity contribution in [3.05, 3.63) is 59.8 Å². The van der Waals surface area contributed by atoms with Gasteiger partial charge in [-0.3, -0.25) is 9.71 Å². The van der Waals surface area contributed by atoms with Gasteiger partial charge in [0.2, 0.25) is 0 Å². The van der Waals surface area contributed by atoms with Crippen molar-refractivity contribution in [3.63, 3.8) is 0 Å². The molecule has 3 aromatic rings. The molecular formula is C22H25N3O3S. The van der Waals surface area contributed by atoms with Gasteiger partial charge in [-0.05, 0) is 63.2 Å². The van der Waals surface area contributed by atoms with E-state index < -0.39 is 10.0 Å². The molecule has 0 radical (unpaired) electrons. The summed E-state index contributed by atoms with van der Waals surface area (Å²) in [6.45, 7) is 0. The quantitative estimate of drug-likeness (QED) is 0.696. The van der Waals surface area contributed by atoms with Gasteiger partial charge < -0.3 is 9.64 Å². The predicted molar refractivity (Wildman–Crippen MR) is 115 cm³/mol. The Bertz CT molecular complexity index is 1150. The highest BCUT2D eigenvalue weighted by atomic mass is 32.2. The van der Waals surface area contributed by atoms with Gasteiger partial charge in [-0.1, -0.05) is 18.2 Å². The monoisotopic (exact) mass is 411 g/mol. The summed E-state index contributed by atoms with van der Waals surface area (Å²) in [5.41, 5.74) is 3.18. The zero-order valence-corrected chi connectivity index (χ0v) is 17.7. The van der Waals surface area contributed by atoms with Crippen molar-refractivity contribution < 1.29 is 13.2 Å². The molecule has 0 aliphatic heterocycles. The van der Waals surface area contributed by atoms with Gasteiger partial charge in [0.15, 0.2) is 0 Å². The molecule has 0 saturated heterocycles. The smallest absolute Gasteiger partial charge is 0.264 e. The Labute approximate surface area is 171 Å².